The highest BCUT2D eigenvalue weighted by atomic mass is 15.2. The maximum atomic E-state index is 4.14. The number of rotatable bonds is 3. The Morgan fingerprint density at radius 3 is 2.81 bits per heavy atom. The molecule has 3 heteroatoms. The highest BCUT2D eigenvalue weighted by Crippen LogP contribution is 2.25. The number of aryl methyl sites for hydroxylation is 1. The first-order valence-corrected chi connectivity index (χ1v) is 7.65. The first-order chi connectivity index (χ1) is 10.3. The first-order valence-electron chi connectivity index (χ1n) is 7.65. The Labute approximate surface area is 127 Å². The van der Waals surface area contributed by atoms with Crippen LogP contribution in [0.4, 0.5) is 0 Å². The highest BCUT2D eigenvalue weighted by Gasteiger charge is 2.24. The fourth-order valence-electron chi connectivity index (χ4n) is 3.05. The van der Waals surface area contributed by atoms with Crippen molar-refractivity contribution in [3.63, 3.8) is 0 Å². The van der Waals surface area contributed by atoms with Crippen LogP contribution in [0, 0.1) is 13.8 Å². The van der Waals surface area contributed by atoms with E-state index in [9.17, 15) is 0 Å². The zero-order valence-corrected chi connectivity index (χ0v) is 12.8. The Hall–Kier alpha value is -1.71. The van der Waals surface area contributed by atoms with E-state index in [2.05, 4.69) is 59.4 Å². The molecule has 3 nitrogen and oxygen atoms in total. The van der Waals surface area contributed by atoms with E-state index < -0.39 is 0 Å². The second kappa shape index (κ2) is 6.37. The summed E-state index contributed by atoms with van der Waals surface area (Å²) in [5.41, 5.74) is 5.59. The van der Waals surface area contributed by atoms with Crippen LogP contribution in [0.5, 0.6) is 0 Å². The number of hydrogen-bond donors (Lipinski definition) is 1. The van der Waals surface area contributed by atoms with Crippen LogP contribution in [0.25, 0.3) is 0 Å². The van der Waals surface area contributed by atoms with Crippen LogP contribution < -0.4 is 5.32 Å². The number of nitrogens with one attached hydrogen (secondary N) is 1. The Morgan fingerprint density at radius 2 is 2.00 bits per heavy atom. The summed E-state index contributed by atoms with van der Waals surface area (Å²) in [6.45, 7) is 8.59. The minimum atomic E-state index is 0.432. The van der Waals surface area contributed by atoms with E-state index in [-0.39, 0.29) is 0 Å². The molecule has 1 unspecified atom stereocenters. The molecule has 1 fully saturated rings. The summed E-state index contributed by atoms with van der Waals surface area (Å²) < 4.78 is 0. The second-order valence-electron chi connectivity index (χ2n) is 5.83. The summed E-state index contributed by atoms with van der Waals surface area (Å²) in [6, 6.07) is 11.3. The quantitative estimate of drug-likeness (QED) is 0.937. The van der Waals surface area contributed by atoms with Crippen molar-refractivity contribution in [2.45, 2.75) is 26.4 Å². The maximum absolute atomic E-state index is 4.14. The van der Waals surface area contributed by atoms with Gasteiger partial charge in [-0.15, -0.1) is 0 Å². The lowest BCUT2D eigenvalue weighted by molar-refractivity contribution is 0.153. The topological polar surface area (TPSA) is 28.2 Å². The highest BCUT2D eigenvalue weighted by molar-refractivity contribution is 5.33. The zero-order valence-electron chi connectivity index (χ0n) is 12.8. The summed E-state index contributed by atoms with van der Waals surface area (Å²) in [4.78, 5) is 6.71. The average Bonchev–Trinajstić information content (AvgIpc) is 2.53. The van der Waals surface area contributed by atoms with E-state index >= 15 is 0 Å². The van der Waals surface area contributed by atoms with Crippen LogP contribution in [0.3, 0.4) is 0 Å². The molecule has 0 amide bonds. The van der Waals surface area contributed by atoms with Gasteiger partial charge in [0.15, 0.2) is 0 Å². The molecule has 1 aromatic carbocycles. The van der Waals surface area contributed by atoms with Crippen LogP contribution in [0.1, 0.15) is 28.3 Å². The van der Waals surface area contributed by atoms with Gasteiger partial charge >= 0.3 is 0 Å². The van der Waals surface area contributed by atoms with Crippen LogP contribution in [-0.2, 0) is 6.54 Å². The van der Waals surface area contributed by atoms with Gasteiger partial charge in [-0.3, -0.25) is 9.88 Å². The summed E-state index contributed by atoms with van der Waals surface area (Å²) >= 11 is 0. The standard InChI is InChI=1S/C18H23N3/c1-14-4-3-5-17(15(14)2)13-21-11-10-20-12-18(21)16-6-8-19-9-7-16/h3-9,18,20H,10-13H2,1-2H3. The molecule has 1 aliphatic heterocycles. The third kappa shape index (κ3) is 3.14. The van der Waals surface area contributed by atoms with Crippen molar-refractivity contribution in [3.8, 4) is 0 Å². The van der Waals surface area contributed by atoms with Gasteiger partial charge in [0, 0.05) is 44.6 Å². The molecule has 1 atom stereocenters. The molecule has 0 bridgehead atoms. The minimum Gasteiger partial charge on any atom is -0.314 e. The molecular weight excluding hydrogens is 258 g/mol. The molecule has 110 valence electrons. The van der Waals surface area contributed by atoms with E-state index in [1.165, 1.54) is 22.3 Å². The predicted octanol–water partition coefficient (Wildman–Crippen LogP) is 2.84. The van der Waals surface area contributed by atoms with E-state index in [1.807, 2.05) is 12.4 Å². The molecule has 0 radical (unpaired) electrons. The van der Waals surface area contributed by atoms with Crippen molar-refractivity contribution in [1.82, 2.24) is 15.2 Å². The molecule has 2 heterocycles. The largest absolute Gasteiger partial charge is 0.314 e. The molecule has 0 spiro atoms. The minimum absolute atomic E-state index is 0.432. The van der Waals surface area contributed by atoms with Gasteiger partial charge in [0.1, 0.15) is 0 Å². The molecule has 1 saturated heterocycles. The number of hydrogen-bond acceptors (Lipinski definition) is 3. The van der Waals surface area contributed by atoms with E-state index in [0.717, 1.165) is 26.2 Å². The maximum Gasteiger partial charge on any atom is 0.0477 e. The van der Waals surface area contributed by atoms with Crippen LogP contribution in [0.15, 0.2) is 42.7 Å². The third-order valence-corrected chi connectivity index (χ3v) is 4.54. The predicted molar refractivity (Wildman–Crippen MR) is 86.2 cm³/mol. The van der Waals surface area contributed by atoms with Gasteiger partial charge in [-0.1, -0.05) is 18.2 Å². The fraction of sp³-hybridized carbons (Fsp3) is 0.389. The first kappa shape index (κ1) is 14.2. The summed E-state index contributed by atoms with van der Waals surface area (Å²) in [5, 5.41) is 3.51. The number of benzene rings is 1. The Morgan fingerprint density at radius 1 is 1.19 bits per heavy atom. The van der Waals surface area contributed by atoms with Crippen molar-refractivity contribution in [2.75, 3.05) is 19.6 Å². The third-order valence-electron chi connectivity index (χ3n) is 4.54. The number of nitrogens with zero attached hydrogens (tertiary/aromatic N) is 2. The van der Waals surface area contributed by atoms with Crippen molar-refractivity contribution < 1.29 is 0 Å². The Kier molecular flexibility index (Phi) is 4.32. The fourth-order valence-corrected chi connectivity index (χ4v) is 3.05. The van der Waals surface area contributed by atoms with Gasteiger partial charge < -0.3 is 5.32 Å². The summed E-state index contributed by atoms with van der Waals surface area (Å²) in [7, 11) is 0. The van der Waals surface area contributed by atoms with Gasteiger partial charge in [0.05, 0.1) is 0 Å². The summed E-state index contributed by atoms with van der Waals surface area (Å²) in [5.74, 6) is 0. The monoisotopic (exact) mass is 281 g/mol. The van der Waals surface area contributed by atoms with E-state index in [4.69, 9.17) is 0 Å². The second-order valence-corrected chi connectivity index (χ2v) is 5.83. The smallest absolute Gasteiger partial charge is 0.0477 e. The lowest BCUT2D eigenvalue weighted by Gasteiger charge is -2.37. The zero-order chi connectivity index (χ0) is 14.7. The molecule has 2 aromatic rings. The Balaban J connectivity index is 1.83. The van der Waals surface area contributed by atoms with E-state index in [0.29, 0.717) is 6.04 Å². The molecule has 1 aliphatic rings. The van der Waals surface area contributed by atoms with Gasteiger partial charge in [-0.05, 0) is 48.2 Å². The van der Waals surface area contributed by atoms with E-state index in [1.54, 1.807) is 0 Å². The number of pyridine rings is 1. The van der Waals surface area contributed by atoms with Crippen molar-refractivity contribution >= 4 is 0 Å². The lowest BCUT2D eigenvalue weighted by Crippen LogP contribution is -2.45. The van der Waals surface area contributed by atoms with Crippen molar-refractivity contribution in [3.05, 3.63) is 65.0 Å². The van der Waals surface area contributed by atoms with Crippen molar-refractivity contribution in [2.24, 2.45) is 0 Å². The summed E-state index contributed by atoms with van der Waals surface area (Å²) in [6.07, 6.45) is 3.78. The Bertz CT molecular complexity index is 595. The number of aromatic nitrogens is 1. The van der Waals surface area contributed by atoms with Crippen LogP contribution in [0.2, 0.25) is 0 Å². The molecule has 1 aromatic heterocycles. The molecular formula is C18H23N3. The molecule has 3 rings (SSSR count). The molecule has 0 saturated carbocycles. The van der Waals surface area contributed by atoms with Gasteiger partial charge in [-0.2, -0.15) is 0 Å². The number of piperazine rings is 1. The van der Waals surface area contributed by atoms with Gasteiger partial charge in [-0.25, -0.2) is 0 Å². The lowest BCUT2D eigenvalue weighted by atomic mass is 10.00. The van der Waals surface area contributed by atoms with Crippen molar-refractivity contribution in [1.29, 1.82) is 0 Å². The van der Waals surface area contributed by atoms with Crippen LogP contribution >= 0.6 is 0 Å². The SMILES string of the molecule is Cc1cccc(CN2CCNCC2c2ccncc2)c1C. The van der Waals surface area contributed by atoms with Gasteiger partial charge in [0.25, 0.3) is 0 Å². The van der Waals surface area contributed by atoms with Crippen LogP contribution in [-0.4, -0.2) is 29.5 Å². The normalized spacial score (nSPS) is 19.6. The molecule has 1 N–H and O–H groups in total. The molecule has 21 heavy (non-hydrogen) atoms. The molecule has 0 aliphatic carbocycles. The van der Waals surface area contributed by atoms with Gasteiger partial charge in [0.2, 0.25) is 0 Å². The average molecular weight is 281 g/mol.